The van der Waals surface area contributed by atoms with E-state index in [0.29, 0.717) is 18.5 Å². The second kappa shape index (κ2) is 7.25. The molecule has 0 aliphatic carbocycles. The topological polar surface area (TPSA) is 86.0 Å². The van der Waals surface area contributed by atoms with Gasteiger partial charge in [0.1, 0.15) is 6.07 Å². The molecule has 2 aromatic rings. The van der Waals surface area contributed by atoms with Gasteiger partial charge in [-0.1, -0.05) is 24.6 Å². The maximum Gasteiger partial charge on any atom is 0.303 e. The van der Waals surface area contributed by atoms with Gasteiger partial charge in [0.2, 0.25) is 0 Å². The molecular weight excluding hydrogens is 266 g/mol. The van der Waals surface area contributed by atoms with Crippen LogP contribution in [0.4, 0.5) is 5.69 Å². The minimum atomic E-state index is -0.755. The molecule has 0 bridgehead atoms. The van der Waals surface area contributed by atoms with Gasteiger partial charge < -0.3 is 10.4 Å². The normalized spacial score (nSPS) is 10.2. The molecule has 0 aliphatic heterocycles. The smallest absolute Gasteiger partial charge is 0.303 e. The number of benzene rings is 1. The Morgan fingerprint density at radius 1 is 1.29 bits per heavy atom. The number of rotatable bonds is 7. The third-order valence-corrected chi connectivity index (χ3v) is 3.27. The molecule has 0 spiro atoms. The summed E-state index contributed by atoms with van der Waals surface area (Å²) >= 11 is 0. The number of nitriles is 1. The van der Waals surface area contributed by atoms with E-state index in [0.717, 1.165) is 29.4 Å². The van der Waals surface area contributed by atoms with Crippen LogP contribution in [0.3, 0.4) is 0 Å². The first-order valence-electron chi connectivity index (χ1n) is 6.96. The maximum atomic E-state index is 10.4. The minimum Gasteiger partial charge on any atom is -0.481 e. The molecule has 0 atom stereocenters. The van der Waals surface area contributed by atoms with Crippen LogP contribution in [0, 0.1) is 11.3 Å². The van der Waals surface area contributed by atoms with Crippen molar-refractivity contribution in [3.63, 3.8) is 0 Å². The quantitative estimate of drug-likeness (QED) is 0.762. The first-order valence-corrected chi connectivity index (χ1v) is 6.96. The Hall–Kier alpha value is -2.61. The molecule has 0 aliphatic rings. The molecule has 0 radical (unpaired) electrons. The van der Waals surface area contributed by atoms with Crippen molar-refractivity contribution in [3.05, 3.63) is 36.0 Å². The molecule has 1 heterocycles. The van der Waals surface area contributed by atoms with Crippen molar-refractivity contribution in [1.29, 1.82) is 5.26 Å². The Morgan fingerprint density at radius 2 is 2.10 bits per heavy atom. The summed E-state index contributed by atoms with van der Waals surface area (Å²) < 4.78 is 0. The van der Waals surface area contributed by atoms with Crippen LogP contribution < -0.4 is 5.32 Å². The zero-order valence-corrected chi connectivity index (χ0v) is 11.7. The van der Waals surface area contributed by atoms with E-state index < -0.39 is 5.97 Å². The summed E-state index contributed by atoms with van der Waals surface area (Å²) in [5.74, 6) is -0.755. The summed E-state index contributed by atoms with van der Waals surface area (Å²) in [5.41, 5.74) is 2.19. The second-order valence-corrected chi connectivity index (χ2v) is 4.81. The van der Waals surface area contributed by atoms with Gasteiger partial charge in [0.05, 0.1) is 16.8 Å². The van der Waals surface area contributed by atoms with E-state index in [4.69, 9.17) is 5.11 Å². The minimum absolute atomic E-state index is 0.210. The number of fused-ring (bicyclic) bond motifs is 1. The molecule has 5 heteroatoms. The molecule has 108 valence electrons. The monoisotopic (exact) mass is 283 g/mol. The van der Waals surface area contributed by atoms with Crippen molar-refractivity contribution in [3.8, 4) is 6.07 Å². The fourth-order valence-corrected chi connectivity index (χ4v) is 2.21. The Labute approximate surface area is 123 Å². The van der Waals surface area contributed by atoms with Crippen LogP contribution in [-0.2, 0) is 4.79 Å². The van der Waals surface area contributed by atoms with E-state index in [1.807, 2.05) is 24.3 Å². The zero-order valence-electron chi connectivity index (χ0n) is 11.7. The van der Waals surface area contributed by atoms with Crippen LogP contribution in [0.15, 0.2) is 30.5 Å². The molecule has 2 N–H and O–H groups in total. The first-order chi connectivity index (χ1) is 10.2. The number of carbonyl (C=O) groups is 1. The van der Waals surface area contributed by atoms with Crippen LogP contribution in [0.5, 0.6) is 0 Å². The summed E-state index contributed by atoms with van der Waals surface area (Å²) in [6.45, 7) is 0.711. The summed E-state index contributed by atoms with van der Waals surface area (Å²) in [5, 5.41) is 22.0. The predicted molar refractivity (Wildman–Crippen MR) is 81.1 cm³/mol. The van der Waals surface area contributed by atoms with Gasteiger partial charge in [0, 0.05) is 24.5 Å². The highest BCUT2D eigenvalue weighted by Crippen LogP contribution is 2.25. The fraction of sp³-hybridized carbons (Fsp3) is 0.312. The van der Waals surface area contributed by atoms with Gasteiger partial charge in [-0.3, -0.25) is 9.78 Å². The van der Waals surface area contributed by atoms with E-state index in [2.05, 4.69) is 16.4 Å². The lowest BCUT2D eigenvalue weighted by Gasteiger charge is -2.11. The Morgan fingerprint density at radius 3 is 2.86 bits per heavy atom. The molecule has 1 aromatic heterocycles. The Balaban J connectivity index is 2.01. The fourth-order valence-electron chi connectivity index (χ4n) is 2.21. The SMILES string of the molecule is N#Cc1cnc2ccccc2c1NCCCCCC(=O)O. The summed E-state index contributed by atoms with van der Waals surface area (Å²) in [6, 6.07) is 9.84. The molecule has 5 nitrogen and oxygen atoms in total. The van der Waals surface area contributed by atoms with Crippen LogP contribution in [0.1, 0.15) is 31.2 Å². The van der Waals surface area contributed by atoms with Crippen LogP contribution in [-0.4, -0.2) is 22.6 Å². The number of aromatic nitrogens is 1. The number of pyridine rings is 1. The van der Waals surface area contributed by atoms with Crippen molar-refractivity contribution >= 4 is 22.6 Å². The van der Waals surface area contributed by atoms with E-state index in [-0.39, 0.29) is 6.42 Å². The van der Waals surface area contributed by atoms with Crippen molar-refractivity contribution < 1.29 is 9.90 Å². The second-order valence-electron chi connectivity index (χ2n) is 4.81. The zero-order chi connectivity index (χ0) is 15.1. The number of hydrogen-bond donors (Lipinski definition) is 2. The number of para-hydroxylation sites is 1. The van der Waals surface area contributed by atoms with E-state index in [9.17, 15) is 10.1 Å². The number of anilines is 1. The van der Waals surface area contributed by atoms with E-state index >= 15 is 0 Å². The van der Waals surface area contributed by atoms with Crippen LogP contribution in [0.25, 0.3) is 10.9 Å². The summed E-state index contributed by atoms with van der Waals surface area (Å²) in [4.78, 5) is 14.7. The van der Waals surface area contributed by atoms with Gasteiger partial charge in [-0.05, 0) is 18.9 Å². The highest BCUT2D eigenvalue weighted by atomic mass is 16.4. The van der Waals surface area contributed by atoms with E-state index in [1.165, 1.54) is 0 Å². The van der Waals surface area contributed by atoms with E-state index in [1.54, 1.807) is 6.20 Å². The van der Waals surface area contributed by atoms with Gasteiger partial charge in [0.25, 0.3) is 0 Å². The van der Waals surface area contributed by atoms with Gasteiger partial charge in [-0.2, -0.15) is 5.26 Å². The summed E-state index contributed by atoms with van der Waals surface area (Å²) in [7, 11) is 0. The third kappa shape index (κ3) is 3.93. The predicted octanol–water partition coefficient (Wildman–Crippen LogP) is 3.16. The lowest BCUT2D eigenvalue weighted by Crippen LogP contribution is -2.05. The number of carboxylic acid groups (broad SMARTS) is 1. The number of carboxylic acids is 1. The van der Waals surface area contributed by atoms with Gasteiger partial charge >= 0.3 is 5.97 Å². The average molecular weight is 283 g/mol. The molecule has 0 saturated heterocycles. The number of nitrogens with one attached hydrogen (secondary N) is 1. The molecule has 1 aromatic carbocycles. The van der Waals surface area contributed by atoms with Crippen molar-refractivity contribution in [2.45, 2.75) is 25.7 Å². The number of aliphatic carboxylic acids is 1. The van der Waals surface area contributed by atoms with Crippen LogP contribution >= 0.6 is 0 Å². The van der Waals surface area contributed by atoms with Crippen LogP contribution in [0.2, 0.25) is 0 Å². The van der Waals surface area contributed by atoms with Gasteiger partial charge in [-0.25, -0.2) is 0 Å². The first kappa shape index (κ1) is 14.8. The number of nitrogens with zero attached hydrogens (tertiary/aromatic N) is 2. The molecule has 0 unspecified atom stereocenters. The van der Waals surface area contributed by atoms with Crippen molar-refractivity contribution in [2.24, 2.45) is 0 Å². The van der Waals surface area contributed by atoms with Crippen molar-refractivity contribution in [1.82, 2.24) is 4.98 Å². The van der Waals surface area contributed by atoms with Crippen molar-refractivity contribution in [2.75, 3.05) is 11.9 Å². The number of hydrogen-bond acceptors (Lipinski definition) is 4. The molecule has 2 rings (SSSR count). The lowest BCUT2D eigenvalue weighted by molar-refractivity contribution is -0.137. The van der Waals surface area contributed by atoms with Gasteiger partial charge in [0.15, 0.2) is 0 Å². The Kier molecular flexibility index (Phi) is 5.10. The average Bonchev–Trinajstić information content (AvgIpc) is 2.50. The molecular formula is C16H17N3O2. The Bertz CT molecular complexity index is 677. The summed E-state index contributed by atoms with van der Waals surface area (Å²) in [6.07, 6.45) is 4.19. The van der Waals surface area contributed by atoms with Gasteiger partial charge in [-0.15, -0.1) is 0 Å². The maximum absolute atomic E-state index is 10.4. The largest absolute Gasteiger partial charge is 0.481 e. The highest BCUT2D eigenvalue weighted by molar-refractivity contribution is 5.93. The third-order valence-electron chi connectivity index (χ3n) is 3.27. The lowest BCUT2D eigenvalue weighted by atomic mass is 10.1. The highest BCUT2D eigenvalue weighted by Gasteiger charge is 2.07. The number of unbranched alkanes of at least 4 members (excludes halogenated alkanes) is 2. The molecule has 0 amide bonds. The molecule has 0 saturated carbocycles. The molecule has 21 heavy (non-hydrogen) atoms. The standard InChI is InChI=1S/C16H17N3O2/c17-10-12-11-19-14-7-4-3-6-13(14)16(12)18-9-5-1-2-8-15(20)21/h3-4,6-7,11H,1-2,5,8-9H2,(H,18,19)(H,20,21). The molecule has 0 fully saturated rings.